The van der Waals surface area contributed by atoms with E-state index in [1.807, 2.05) is 0 Å². The number of hydrogen-bond acceptors (Lipinski definition) is 0. The van der Waals surface area contributed by atoms with Crippen LogP contribution in [0.2, 0.25) is 0 Å². The predicted molar refractivity (Wildman–Crippen MR) is 297 cm³/mol. The van der Waals surface area contributed by atoms with E-state index in [-0.39, 0.29) is 24.8 Å². The third-order valence-corrected chi connectivity index (χ3v) is 14.7. The molecule has 0 heterocycles. The van der Waals surface area contributed by atoms with Gasteiger partial charge in [0.25, 0.3) is 0 Å². The van der Waals surface area contributed by atoms with E-state index in [1.165, 1.54) is 157 Å². The van der Waals surface area contributed by atoms with Crippen LogP contribution in [0.5, 0.6) is 0 Å². The molecule has 12 rings (SSSR count). The minimum Gasteiger partial charge on any atom is -0.126 e. The number of halogens is 2. The Kier molecular flexibility index (Phi) is 25.4. The van der Waals surface area contributed by atoms with Gasteiger partial charge < -0.3 is 24.8 Å². The Morgan fingerprint density at radius 2 is 0.597 bits per heavy atom. The van der Waals surface area contributed by atoms with E-state index in [0.29, 0.717) is 0 Å². The SMILES string of the molecule is CCCC1=[C-]CC=C1.CCCC1=[C-]CC=C1.[Cl-].[Cl-].[Zr+2]=[C](c1ccccc1)c1ccccc1.[Zr+2]=[C](c1ccccc1)c1ccccc1.c1ccc2c(c1)[cH-]c1ccccc12.c1ccc2c(c1)[cH-]c1ccccc12. The fraction of sp³-hybridized carbons (Fsp3) is 0.118. The maximum atomic E-state index is 3.26. The van der Waals surface area contributed by atoms with Gasteiger partial charge in [-0.05, 0) is 0 Å². The van der Waals surface area contributed by atoms with Crippen LogP contribution in [0.25, 0.3) is 43.1 Å². The average molecular weight is 1130 g/mol. The van der Waals surface area contributed by atoms with Crippen molar-refractivity contribution in [3.05, 3.63) is 300 Å². The molecule has 0 aromatic heterocycles. The normalized spacial score (nSPS) is 11.6. The topological polar surface area (TPSA) is 0 Å². The first-order valence-electron chi connectivity index (χ1n) is 24.5. The molecule has 2 aliphatic carbocycles. The maximum Gasteiger partial charge on any atom is -0.0771 e. The fourth-order valence-electron chi connectivity index (χ4n) is 8.34. The van der Waals surface area contributed by atoms with Gasteiger partial charge in [0.2, 0.25) is 0 Å². The molecule has 10 aromatic rings. The first-order chi connectivity index (χ1) is 34.5. The van der Waals surface area contributed by atoms with Gasteiger partial charge in [-0.3, -0.25) is 12.2 Å². The predicted octanol–water partition coefficient (Wildman–Crippen LogP) is 12.0. The number of allylic oxidation sites excluding steroid dienone is 8. The number of benzene rings is 8. The van der Waals surface area contributed by atoms with Gasteiger partial charge >= 0.3 is 198 Å². The molecule has 0 saturated carbocycles. The Bertz CT molecular complexity index is 2890. The van der Waals surface area contributed by atoms with Crippen molar-refractivity contribution in [2.75, 3.05) is 0 Å². The minimum absolute atomic E-state index is 0. The average Bonchev–Trinajstić information content (AvgIpc) is 4.29. The molecule has 4 heteroatoms. The third-order valence-electron chi connectivity index (χ3n) is 11.9. The summed E-state index contributed by atoms with van der Waals surface area (Å²) in [7, 11) is 0. The Labute approximate surface area is 471 Å². The van der Waals surface area contributed by atoms with Crippen molar-refractivity contribution in [2.24, 2.45) is 0 Å². The zero-order valence-electron chi connectivity index (χ0n) is 41.2. The Balaban J connectivity index is 0.000000162. The molecule has 2 aliphatic rings. The van der Waals surface area contributed by atoms with Crippen LogP contribution < -0.4 is 24.8 Å². The molecule has 0 radical (unpaired) electrons. The Hall–Kier alpha value is -5.45. The summed E-state index contributed by atoms with van der Waals surface area (Å²) in [6.45, 7) is 4.39. The van der Waals surface area contributed by atoms with Gasteiger partial charge in [0.05, 0.1) is 0 Å². The summed E-state index contributed by atoms with van der Waals surface area (Å²) in [5, 5.41) is 10.8. The van der Waals surface area contributed by atoms with Crippen LogP contribution >= 0.6 is 0 Å². The van der Waals surface area contributed by atoms with Gasteiger partial charge in [0, 0.05) is 0 Å². The van der Waals surface area contributed by atoms with Crippen LogP contribution in [0.15, 0.2) is 266 Å². The standard InChI is InChI=1S/2C13H9.2C13H10.2C8H11.2ClH.2Zr/c2*1-3-7-12-10(5-1)9-11-6-2-4-8-13(11)12;2*1-3-7-12(8-4-1)11-13-9-5-2-6-10-13;2*1-2-5-8-6-3-4-7-8;;;;/h2*1-9H;2*1-10H;2*3,6H,2,4-5H2,1H3;2*1H;;/q2*-1;;;2*-1;;;2*+2/p-2. The van der Waals surface area contributed by atoms with E-state index >= 15 is 0 Å². The van der Waals surface area contributed by atoms with E-state index in [2.05, 4.69) is 281 Å². The summed E-state index contributed by atoms with van der Waals surface area (Å²) >= 11 is 2.92. The summed E-state index contributed by atoms with van der Waals surface area (Å²) in [4.78, 5) is 0. The molecule has 0 bridgehead atoms. The summed E-state index contributed by atoms with van der Waals surface area (Å²) < 4.78 is 2.83. The first kappa shape index (κ1) is 57.4. The molecule has 0 aliphatic heterocycles. The van der Waals surface area contributed by atoms with Gasteiger partial charge in [-0.2, -0.15) is 12.2 Å². The Morgan fingerprint density at radius 1 is 0.361 bits per heavy atom. The van der Waals surface area contributed by atoms with E-state index in [4.69, 9.17) is 0 Å². The van der Waals surface area contributed by atoms with E-state index < -0.39 is 0 Å². The number of fused-ring (bicyclic) bond motifs is 6. The summed E-state index contributed by atoms with van der Waals surface area (Å²) in [5.41, 5.74) is 8.11. The maximum absolute atomic E-state index is 3.26. The molecule has 0 unspecified atom stereocenters. The summed E-state index contributed by atoms with van der Waals surface area (Å²) in [6.07, 6.45) is 22.2. The largest absolute Gasteiger partial charge is 0.126 e. The smallest absolute Gasteiger partial charge is 0.0771 e. The second kappa shape index (κ2) is 31.9. The van der Waals surface area contributed by atoms with Crippen molar-refractivity contribution in [3.8, 4) is 0 Å². The van der Waals surface area contributed by atoms with Crippen molar-refractivity contribution in [2.45, 2.75) is 52.4 Å². The van der Waals surface area contributed by atoms with Crippen molar-refractivity contribution in [1.82, 2.24) is 0 Å². The first-order valence-corrected chi connectivity index (χ1v) is 27.0. The number of hydrogen-bond donors (Lipinski definition) is 0. The number of rotatable bonds is 8. The van der Waals surface area contributed by atoms with Crippen LogP contribution in [0.1, 0.15) is 74.6 Å². The molecule has 72 heavy (non-hydrogen) atoms. The Morgan fingerprint density at radius 3 is 0.819 bits per heavy atom. The van der Waals surface area contributed by atoms with Crippen LogP contribution in [0.4, 0.5) is 0 Å². The molecule has 0 atom stereocenters. The van der Waals surface area contributed by atoms with Gasteiger partial charge in [0.1, 0.15) is 0 Å². The van der Waals surface area contributed by atoms with Crippen LogP contribution in [-0.4, -0.2) is 6.41 Å². The fourth-order valence-corrected chi connectivity index (χ4v) is 9.98. The quantitative estimate of drug-likeness (QED) is 0.133. The molecular weight excluding hydrogens is 1070 g/mol. The van der Waals surface area contributed by atoms with Crippen LogP contribution in [-0.2, 0) is 48.5 Å². The van der Waals surface area contributed by atoms with Crippen molar-refractivity contribution in [1.29, 1.82) is 0 Å². The van der Waals surface area contributed by atoms with Crippen molar-refractivity contribution < 1.29 is 73.3 Å². The zero-order valence-corrected chi connectivity index (χ0v) is 47.7. The molecule has 0 saturated heterocycles. The van der Waals surface area contributed by atoms with Crippen LogP contribution in [0.3, 0.4) is 0 Å². The van der Waals surface area contributed by atoms with Gasteiger partial charge in [0.15, 0.2) is 0 Å². The molecule has 10 aromatic carbocycles. The van der Waals surface area contributed by atoms with Gasteiger partial charge in [-0.25, -0.2) is 23.3 Å². The molecule has 356 valence electrons. The van der Waals surface area contributed by atoms with Crippen molar-refractivity contribution >= 4 is 49.5 Å². The second-order valence-electron chi connectivity index (χ2n) is 17.0. The summed E-state index contributed by atoms with van der Waals surface area (Å²) in [6, 6.07) is 80.8. The molecule has 0 nitrogen and oxygen atoms in total. The zero-order chi connectivity index (χ0) is 48.6. The molecule has 0 fully saturated rings. The van der Waals surface area contributed by atoms with Crippen LogP contribution in [0, 0.1) is 12.2 Å². The van der Waals surface area contributed by atoms with E-state index in [0.717, 1.165) is 12.8 Å². The minimum atomic E-state index is 0. The van der Waals surface area contributed by atoms with Crippen molar-refractivity contribution in [3.63, 3.8) is 0 Å². The van der Waals surface area contributed by atoms with Gasteiger partial charge in [-0.1, -0.05) is 112 Å². The third kappa shape index (κ3) is 17.4. The molecule has 0 N–H and O–H groups in total. The second-order valence-corrected chi connectivity index (χ2v) is 19.4. The molecule has 0 amide bonds. The van der Waals surface area contributed by atoms with E-state index in [9.17, 15) is 0 Å². The van der Waals surface area contributed by atoms with E-state index in [1.54, 1.807) is 0 Å². The summed E-state index contributed by atoms with van der Waals surface area (Å²) in [5.74, 6) is 0. The van der Waals surface area contributed by atoms with Gasteiger partial charge in [-0.15, -0.1) is 92.3 Å². The molecule has 0 spiro atoms. The molecular formula is C68H60Cl2Zr2-2. The monoisotopic (exact) mass is 1130 g/mol.